The summed E-state index contributed by atoms with van der Waals surface area (Å²) in [5, 5.41) is 9.82. The van der Waals surface area contributed by atoms with Gasteiger partial charge >= 0.3 is 10.1 Å². The van der Waals surface area contributed by atoms with Crippen LogP contribution in [0.1, 0.15) is 124 Å². The van der Waals surface area contributed by atoms with Crippen LogP contribution in [-0.2, 0) is 10.1 Å². The zero-order valence-electron chi connectivity index (χ0n) is 21.5. The fraction of sp³-hybridized carbons (Fsp3) is 0.786. The van der Waals surface area contributed by atoms with Crippen LogP contribution >= 0.6 is 0 Å². The van der Waals surface area contributed by atoms with E-state index in [9.17, 15) is 13.5 Å². The van der Waals surface area contributed by atoms with Gasteiger partial charge in [-0.1, -0.05) is 116 Å². The zero-order chi connectivity index (χ0) is 24.4. The Hall–Kier alpha value is -1.07. The summed E-state index contributed by atoms with van der Waals surface area (Å²) < 4.78 is 31.7. The molecule has 0 bridgehead atoms. The third-order valence-electron chi connectivity index (χ3n) is 6.67. The van der Waals surface area contributed by atoms with Crippen LogP contribution in [0.3, 0.4) is 0 Å². The number of aliphatic hydroxyl groups is 1. The Balaban J connectivity index is 2.53. The molecule has 0 amide bonds. The molecule has 1 rings (SSSR count). The van der Waals surface area contributed by atoms with E-state index in [-0.39, 0.29) is 5.92 Å². The van der Waals surface area contributed by atoms with E-state index in [0.717, 1.165) is 38.5 Å². The predicted molar refractivity (Wildman–Crippen MR) is 140 cm³/mol. The minimum absolute atomic E-state index is 0.0141. The van der Waals surface area contributed by atoms with E-state index in [1.807, 2.05) is 6.07 Å². The van der Waals surface area contributed by atoms with Crippen molar-refractivity contribution in [2.24, 2.45) is 5.92 Å². The van der Waals surface area contributed by atoms with E-state index < -0.39 is 21.5 Å². The molecule has 0 aromatic heterocycles. The maximum Gasteiger partial charge on any atom is 0.312 e. The lowest BCUT2D eigenvalue weighted by atomic mass is 9.90. The Morgan fingerprint density at radius 2 is 1.24 bits per heavy atom. The molecule has 0 fully saturated rings. The number of aliphatic hydroxyl groups excluding tert-OH is 1. The molecule has 0 saturated carbocycles. The second-order valence-corrected chi connectivity index (χ2v) is 11.5. The van der Waals surface area contributed by atoms with E-state index in [4.69, 9.17) is 4.18 Å². The van der Waals surface area contributed by atoms with Crippen LogP contribution in [0, 0.1) is 5.92 Å². The molecule has 1 aromatic carbocycles. The molecule has 4 nitrogen and oxygen atoms in total. The number of hydrogen-bond donors (Lipinski definition) is 1. The third kappa shape index (κ3) is 14.0. The molecule has 5 heteroatoms. The van der Waals surface area contributed by atoms with Crippen LogP contribution in [0.15, 0.2) is 30.3 Å². The Labute approximate surface area is 204 Å². The highest BCUT2D eigenvalue weighted by Crippen LogP contribution is 2.28. The van der Waals surface area contributed by atoms with Crippen molar-refractivity contribution in [3.8, 4) is 5.75 Å². The lowest BCUT2D eigenvalue weighted by molar-refractivity contribution is 0.111. The lowest BCUT2D eigenvalue weighted by Crippen LogP contribution is -2.31. The summed E-state index contributed by atoms with van der Waals surface area (Å²) in [5.41, 5.74) is 0. The molecule has 0 saturated heterocycles. The molecular weight excluding hydrogens is 432 g/mol. The molecule has 33 heavy (non-hydrogen) atoms. The topological polar surface area (TPSA) is 63.6 Å². The highest BCUT2D eigenvalue weighted by atomic mass is 32.2. The molecule has 192 valence electrons. The maximum absolute atomic E-state index is 13.1. The minimum Gasteiger partial charge on any atom is -0.393 e. The van der Waals surface area contributed by atoms with Gasteiger partial charge in [-0.05, 0) is 44.2 Å². The smallest absolute Gasteiger partial charge is 0.312 e. The van der Waals surface area contributed by atoms with Crippen molar-refractivity contribution in [2.45, 2.75) is 135 Å². The first-order valence-corrected chi connectivity index (χ1v) is 15.0. The van der Waals surface area contributed by atoms with Gasteiger partial charge in [-0.3, -0.25) is 0 Å². The molecule has 0 aliphatic carbocycles. The van der Waals surface area contributed by atoms with Gasteiger partial charge in [0.15, 0.2) is 0 Å². The van der Waals surface area contributed by atoms with Crippen molar-refractivity contribution in [3.05, 3.63) is 30.3 Å². The first-order chi connectivity index (χ1) is 15.9. The van der Waals surface area contributed by atoms with Crippen molar-refractivity contribution in [2.75, 3.05) is 0 Å². The molecule has 1 N–H and O–H groups in total. The summed E-state index contributed by atoms with van der Waals surface area (Å²) in [6, 6.07) is 8.75. The molecule has 1 aromatic rings. The van der Waals surface area contributed by atoms with Crippen molar-refractivity contribution >= 4 is 10.1 Å². The molecule has 0 heterocycles. The maximum atomic E-state index is 13.1. The predicted octanol–water partition coefficient (Wildman–Crippen LogP) is 8.04. The molecular formula is C28H50O4S. The molecule has 0 aliphatic rings. The Morgan fingerprint density at radius 1 is 0.758 bits per heavy atom. The second kappa shape index (κ2) is 18.3. The SMILES string of the molecule is CCCCCCCCCCCCC(CC(CCCCC)S(=O)(=O)Oc1ccccc1)C(C)O. The highest BCUT2D eigenvalue weighted by molar-refractivity contribution is 7.87. The van der Waals surface area contributed by atoms with Crippen LogP contribution in [0.2, 0.25) is 0 Å². The van der Waals surface area contributed by atoms with Crippen molar-refractivity contribution in [3.63, 3.8) is 0 Å². The van der Waals surface area contributed by atoms with Gasteiger partial charge in [0, 0.05) is 0 Å². The van der Waals surface area contributed by atoms with Crippen LogP contribution in [0.25, 0.3) is 0 Å². The molecule has 3 unspecified atom stereocenters. The standard InChI is InChI=1S/C28H50O4S/c1-4-6-8-9-10-11-12-13-14-17-20-26(25(3)29)24-28(23-16-7-5-2)33(30,31)32-27-21-18-15-19-22-27/h15,18-19,21-22,25-26,28-29H,4-14,16-17,20,23-24H2,1-3H3. The normalized spacial score (nSPS) is 14.7. The summed E-state index contributed by atoms with van der Waals surface area (Å²) in [6.07, 6.45) is 17.1. The minimum atomic E-state index is -3.75. The first-order valence-electron chi connectivity index (χ1n) is 13.6. The lowest BCUT2D eigenvalue weighted by Gasteiger charge is -2.25. The van der Waals surface area contributed by atoms with Crippen molar-refractivity contribution < 1.29 is 17.7 Å². The number of unbranched alkanes of at least 4 members (excludes halogenated alkanes) is 11. The van der Waals surface area contributed by atoms with E-state index >= 15 is 0 Å². The van der Waals surface area contributed by atoms with E-state index in [1.165, 1.54) is 51.4 Å². The Kier molecular flexibility index (Phi) is 16.6. The number of hydrogen-bond acceptors (Lipinski definition) is 4. The summed E-state index contributed by atoms with van der Waals surface area (Å²) in [5.74, 6) is 0.348. The van der Waals surface area contributed by atoms with Crippen molar-refractivity contribution in [1.29, 1.82) is 0 Å². The van der Waals surface area contributed by atoms with Crippen molar-refractivity contribution in [1.82, 2.24) is 0 Å². The van der Waals surface area contributed by atoms with Gasteiger partial charge in [0.25, 0.3) is 0 Å². The molecule has 0 radical (unpaired) electrons. The molecule has 3 atom stereocenters. The van der Waals surface area contributed by atoms with Gasteiger partial charge in [0.05, 0.1) is 11.4 Å². The quantitative estimate of drug-likeness (QED) is 0.142. The third-order valence-corrected chi connectivity index (χ3v) is 8.34. The molecule has 0 aliphatic heterocycles. The van der Waals surface area contributed by atoms with Crippen LogP contribution in [0.4, 0.5) is 0 Å². The summed E-state index contributed by atoms with van der Waals surface area (Å²) in [7, 11) is -3.75. The number of para-hydroxylation sites is 1. The van der Waals surface area contributed by atoms with Gasteiger partial charge in [-0.25, -0.2) is 0 Å². The van der Waals surface area contributed by atoms with E-state index in [1.54, 1.807) is 31.2 Å². The average Bonchev–Trinajstić information content (AvgIpc) is 2.78. The fourth-order valence-corrected chi connectivity index (χ4v) is 5.92. The van der Waals surface area contributed by atoms with Gasteiger partial charge in [-0.2, -0.15) is 8.42 Å². The molecule has 0 spiro atoms. The van der Waals surface area contributed by atoms with Gasteiger partial charge in [0.2, 0.25) is 0 Å². The number of benzene rings is 1. The number of rotatable bonds is 21. The zero-order valence-corrected chi connectivity index (χ0v) is 22.3. The first kappa shape index (κ1) is 30.0. The average molecular weight is 483 g/mol. The Bertz CT molecular complexity index is 672. The van der Waals surface area contributed by atoms with Crippen LogP contribution in [0.5, 0.6) is 5.75 Å². The second-order valence-electron chi connectivity index (χ2n) is 9.71. The van der Waals surface area contributed by atoms with Crippen LogP contribution in [-0.4, -0.2) is 24.9 Å². The summed E-state index contributed by atoms with van der Waals surface area (Å²) in [4.78, 5) is 0. The Morgan fingerprint density at radius 3 is 1.79 bits per heavy atom. The van der Waals surface area contributed by atoms with E-state index in [2.05, 4.69) is 13.8 Å². The summed E-state index contributed by atoms with van der Waals surface area (Å²) >= 11 is 0. The van der Waals surface area contributed by atoms with E-state index in [0.29, 0.717) is 18.6 Å². The van der Waals surface area contributed by atoms with Gasteiger partial charge in [0.1, 0.15) is 5.75 Å². The highest BCUT2D eigenvalue weighted by Gasteiger charge is 2.31. The summed E-state index contributed by atoms with van der Waals surface area (Å²) in [6.45, 7) is 6.17. The largest absolute Gasteiger partial charge is 0.393 e. The van der Waals surface area contributed by atoms with Gasteiger partial charge < -0.3 is 9.29 Å². The fourth-order valence-electron chi connectivity index (χ4n) is 4.47. The monoisotopic (exact) mass is 482 g/mol. The van der Waals surface area contributed by atoms with Crippen LogP contribution < -0.4 is 4.18 Å². The van der Waals surface area contributed by atoms with Gasteiger partial charge in [-0.15, -0.1) is 0 Å².